The summed E-state index contributed by atoms with van der Waals surface area (Å²) in [5.74, 6) is 1.46. The summed E-state index contributed by atoms with van der Waals surface area (Å²) in [5, 5.41) is 3.56. The van der Waals surface area contributed by atoms with Gasteiger partial charge in [0.2, 0.25) is 0 Å². The lowest BCUT2D eigenvalue weighted by Crippen LogP contribution is -2.36. The first kappa shape index (κ1) is 13.4. The predicted octanol–water partition coefficient (Wildman–Crippen LogP) is 3.98. The molecule has 3 unspecified atom stereocenters. The molecule has 0 heterocycles. The van der Waals surface area contributed by atoms with Gasteiger partial charge in [-0.1, -0.05) is 57.2 Å². The molecule has 0 aliphatic heterocycles. The SMILES string of the molecule is C=CC(C)(CNC(C)C)C1CC1c1ccccc1. The van der Waals surface area contributed by atoms with Crippen molar-refractivity contribution in [2.75, 3.05) is 6.54 Å². The molecule has 1 saturated carbocycles. The van der Waals surface area contributed by atoms with Crippen LogP contribution in [0.4, 0.5) is 0 Å². The van der Waals surface area contributed by atoms with Crippen LogP contribution >= 0.6 is 0 Å². The zero-order valence-electron chi connectivity index (χ0n) is 11.8. The Kier molecular flexibility index (Phi) is 3.91. The Morgan fingerprint density at radius 1 is 1.39 bits per heavy atom. The zero-order chi connectivity index (χ0) is 13.2. The lowest BCUT2D eigenvalue weighted by atomic mass is 9.82. The minimum atomic E-state index is 0.213. The molecule has 1 aromatic carbocycles. The summed E-state index contributed by atoms with van der Waals surface area (Å²) >= 11 is 0. The van der Waals surface area contributed by atoms with Gasteiger partial charge in [-0.25, -0.2) is 0 Å². The van der Waals surface area contributed by atoms with Crippen molar-refractivity contribution in [1.82, 2.24) is 5.32 Å². The van der Waals surface area contributed by atoms with E-state index in [2.05, 4.69) is 69.1 Å². The molecule has 18 heavy (non-hydrogen) atoms. The zero-order valence-corrected chi connectivity index (χ0v) is 11.8. The van der Waals surface area contributed by atoms with Crippen LogP contribution in [0.5, 0.6) is 0 Å². The van der Waals surface area contributed by atoms with Crippen LogP contribution in [0.15, 0.2) is 43.0 Å². The Hall–Kier alpha value is -1.08. The largest absolute Gasteiger partial charge is 0.314 e. The Balaban J connectivity index is 2.01. The van der Waals surface area contributed by atoms with E-state index in [-0.39, 0.29) is 5.41 Å². The molecule has 0 bridgehead atoms. The van der Waals surface area contributed by atoms with E-state index < -0.39 is 0 Å². The van der Waals surface area contributed by atoms with Crippen molar-refractivity contribution in [3.05, 3.63) is 48.6 Å². The minimum Gasteiger partial charge on any atom is -0.314 e. The van der Waals surface area contributed by atoms with Gasteiger partial charge in [0.05, 0.1) is 0 Å². The first-order chi connectivity index (χ1) is 8.57. The molecule has 1 aromatic rings. The molecule has 1 heteroatoms. The average molecular weight is 243 g/mol. The molecule has 1 fully saturated rings. The number of nitrogens with one attached hydrogen (secondary N) is 1. The van der Waals surface area contributed by atoms with E-state index in [1.54, 1.807) is 0 Å². The Morgan fingerprint density at radius 3 is 2.61 bits per heavy atom. The Labute approximate surface area is 111 Å². The van der Waals surface area contributed by atoms with Crippen molar-refractivity contribution < 1.29 is 0 Å². The Morgan fingerprint density at radius 2 is 2.06 bits per heavy atom. The predicted molar refractivity (Wildman–Crippen MR) is 78.7 cm³/mol. The van der Waals surface area contributed by atoms with Crippen molar-refractivity contribution >= 4 is 0 Å². The van der Waals surface area contributed by atoms with Crippen LogP contribution in [0.3, 0.4) is 0 Å². The molecule has 1 aliphatic carbocycles. The lowest BCUT2D eigenvalue weighted by molar-refractivity contribution is 0.324. The second-order valence-corrected chi connectivity index (χ2v) is 6.10. The van der Waals surface area contributed by atoms with Gasteiger partial charge in [-0.15, -0.1) is 6.58 Å². The van der Waals surface area contributed by atoms with Crippen molar-refractivity contribution in [3.63, 3.8) is 0 Å². The fraction of sp³-hybridized carbons (Fsp3) is 0.529. The van der Waals surface area contributed by atoms with Crippen molar-refractivity contribution in [3.8, 4) is 0 Å². The molecule has 0 aromatic heterocycles. The van der Waals surface area contributed by atoms with Gasteiger partial charge in [0.15, 0.2) is 0 Å². The number of hydrogen-bond acceptors (Lipinski definition) is 1. The number of rotatable bonds is 6. The van der Waals surface area contributed by atoms with Crippen molar-refractivity contribution in [1.29, 1.82) is 0 Å². The van der Waals surface area contributed by atoms with Crippen LogP contribution in [0.1, 0.15) is 38.7 Å². The summed E-state index contributed by atoms with van der Waals surface area (Å²) in [6.45, 7) is 11.8. The van der Waals surface area contributed by atoms with Gasteiger partial charge in [0, 0.05) is 18.0 Å². The van der Waals surface area contributed by atoms with Crippen LogP contribution in [0.2, 0.25) is 0 Å². The van der Waals surface area contributed by atoms with Gasteiger partial charge in [-0.3, -0.25) is 0 Å². The quantitative estimate of drug-likeness (QED) is 0.745. The van der Waals surface area contributed by atoms with Gasteiger partial charge in [0.1, 0.15) is 0 Å². The lowest BCUT2D eigenvalue weighted by Gasteiger charge is -2.28. The maximum Gasteiger partial charge on any atom is 0.00450 e. The first-order valence-electron chi connectivity index (χ1n) is 6.99. The normalized spacial score (nSPS) is 25.8. The standard InChI is InChI=1S/C17H25N/c1-5-17(4,12-18-13(2)3)16-11-15(16)14-9-7-6-8-10-14/h5-10,13,15-16,18H,1,11-12H2,2-4H3. The monoisotopic (exact) mass is 243 g/mol. The molecule has 0 saturated heterocycles. The summed E-state index contributed by atoms with van der Waals surface area (Å²) in [7, 11) is 0. The molecule has 1 N–H and O–H groups in total. The van der Waals surface area contributed by atoms with E-state index in [0.717, 1.165) is 18.4 Å². The second kappa shape index (κ2) is 5.27. The van der Waals surface area contributed by atoms with Gasteiger partial charge in [0.25, 0.3) is 0 Å². The molecule has 2 rings (SSSR count). The van der Waals surface area contributed by atoms with Gasteiger partial charge < -0.3 is 5.32 Å². The molecule has 98 valence electrons. The summed E-state index contributed by atoms with van der Waals surface area (Å²) in [4.78, 5) is 0. The van der Waals surface area contributed by atoms with E-state index in [1.165, 1.54) is 12.0 Å². The van der Waals surface area contributed by atoms with E-state index >= 15 is 0 Å². The van der Waals surface area contributed by atoms with E-state index in [9.17, 15) is 0 Å². The summed E-state index contributed by atoms with van der Waals surface area (Å²) in [6.07, 6.45) is 3.45. The third-order valence-electron chi connectivity index (χ3n) is 4.22. The number of hydrogen-bond donors (Lipinski definition) is 1. The second-order valence-electron chi connectivity index (χ2n) is 6.10. The molecular weight excluding hydrogens is 218 g/mol. The molecule has 0 spiro atoms. The van der Waals surface area contributed by atoms with Crippen LogP contribution in [0.25, 0.3) is 0 Å². The maximum atomic E-state index is 4.06. The minimum absolute atomic E-state index is 0.213. The number of benzene rings is 1. The smallest absolute Gasteiger partial charge is 0.00450 e. The fourth-order valence-corrected chi connectivity index (χ4v) is 2.77. The highest BCUT2D eigenvalue weighted by Crippen LogP contribution is 2.57. The highest BCUT2D eigenvalue weighted by Gasteiger charge is 2.48. The van der Waals surface area contributed by atoms with Crippen LogP contribution in [-0.2, 0) is 0 Å². The van der Waals surface area contributed by atoms with Crippen molar-refractivity contribution in [2.24, 2.45) is 11.3 Å². The molecule has 1 aliphatic rings. The van der Waals surface area contributed by atoms with E-state index in [1.807, 2.05) is 0 Å². The maximum absolute atomic E-state index is 4.06. The molecular formula is C17H25N. The van der Waals surface area contributed by atoms with Crippen LogP contribution < -0.4 is 5.32 Å². The fourth-order valence-electron chi connectivity index (χ4n) is 2.77. The molecule has 0 radical (unpaired) electrons. The van der Waals surface area contributed by atoms with Gasteiger partial charge >= 0.3 is 0 Å². The topological polar surface area (TPSA) is 12.0 Å². The summed E-state index contributed by atoms with van der Waals surface area (Å²) in [5.41, 5.74) is 1.70. The molecule has 0 amide bonds. The average Bonchev–Trinajstić information content (AvgIpc) is 3.18. The highest BCUT2D eigenvalue weighted by atomic mass is 14.9. The van der Waals surface area contributed by atoms with Crippen LogP contribution in [0, 0.1) is 11.3 Å². The van der Waals surface area contributed by atoms with E-state index in [0.29, 0.717) is 6.04 Å². The Bertz CT molecular complexity index is 395. The van der Waals surface area contributed by atoms with Gasteiger partial charge in [-0.05, 0) is 23.8 Å². The van der Waals surface area contributed by atoms with Gasteiger partial charge in [-0.2, -0.15) is 0 Å². The highest BCUT2D eigenvalue weighted by molar-refractivity contribution is 5.28. The summed E-state index contributed by atoms with van der Waals surface area (Å²) in [6, 6.07) is 11.4. The van der Waals surface area contributed by atoms with Crippen molar-refractivity contribution in [2.45, 2.75) is 39.2 Å². The molecule has 3 atom stereocenters. The third-order valence-corrected chi connectivity index (χ3v) is 4.22. The molecule has 1 nitrogen and oxygen atoms in total. The summed E-state index contributed by atoms with van der Waals surface area (Å²) < 4.78 is 0. The van der Waals surface area contributed by atoms with Crippen LogP contribution in [-0.4, -0.2) is 12.6 Å². The van der Waals surface area contributed by atoms with E-state index in [4.69, 9.17) is 0 Å². The third kappa shape index (κ3) is 2.84. The first-order valence-corrected chi connectivity index (χ1v) is 6.99.